The van der Waals surface area contributed by atoms with Gasteiger partial charge in [-0.25, -0.2) is 0 Å². The Hall–Kier alpha value is -0.160. The molecule has 1 unspecified atom stereocenters. The van der Waals surface area contributed by atoms with E-state index in [1.165, 1.54) is 25.7 Å². The molecule has 0 aromatic carbocycles. The normalized spacial score (nSPS) is 21.5. The van der Waals surface area contributed by atoms with Gasteiger partial charge in [-0.3, -0.25) is 9.89 Å². The van der Waals surface area contributed by atoms with E-state index in [0.717, 1.165) is 58.4 Å². The van der Waals surface area contributed by atoms with Gasteiger partial charge in [-0.05, 0) is 33.1 Å². The zero-order valence-corrected chi connectivity index (χ0v) is 19.4. The Morgan fingerprint density at radius 3 is 2.63 bits per heavy atom. The Bertz CT molecular complexity index is 412. The summed E-state index contributed by atoms with van der Waals surface area (Å²) in [6.45, 7) is 10.5. The zero-order valence-electron chi connectivity index (χ0n) is 17.0. The number of morpholine rings is 1. The van der Waals surface area contributed by atoms with Crippen molar-refractivity contribution >= 4 is 29.9 Å². The molecule has 1 atom stereocenters. The fourth-order valence-electron chi connectivity index (χ4n) is 3.47. The highest BCUT2D eigenvalue weighted by atomic mass is 127. The van der Waals surface area contributed by atoms with Crippen LogP contribution in [-0.4, -0.2) is 86.8 Å². The molecule has 0 spiro atoms. The third-order valence-electron chi connectivity index (χ3n) is 4.86. The molecule has 0 bridgehead atoms. The van der Waals surface area contributed by atoms with Gasteiger partial charge in [0.15, 0.2) is 5.96 Å². The summed E-state index contributed by atoms with van der Waals surface area (Å²) in [5.41, 5.74) is -0.842. The van der Waals surface area contributed by atoms with Crippen LogP contribution in [0, 0.1) is 0 Å². The standard InChI is InChI=1S/C19H38N4O3.HI/c1-3-20-18(21-9-6-12-26-17-7-4-5-8-17)22-15-19(2,24)16-23-10-13-25-14-11-23;/h17,24H,3-16H2,1-2H3,(H2,20,21,22);1H. The Morgan fingerprint density at radius 1 is 1.26 bits per heavy atom. The van der Waals surface area contributed by atoms with Crippen molar-refractivity contribution in [1.29, 1.82) is 0 Å². The van der Waals surface area contributed by atoms with Crippen LogP contribution in [0.4, 0.5) is 0 Å². The van der Waals surface area contributed by atoms with Crippen molar-refractivity contribution in [3.8, 4) is 0 Å². The number of rotatable bonds is 10. The van der Waals surface area contributed by atoms with E-state index in [-0.39, 0.29) is 24.0 Å². The molecule has 1 aliphatic carbocycles. The molecule has 0 aromatic heterocycles. The van der Waals surface area contributed by atoms with Gasteiger partial charge in [0.2, 0.25) is 0 Å². The number of nitrogens with one attached hydrogen (secondary N) is 2. The van der Waals surface area contributed by atoms with E-state index in [4.69, 9.17) is 9.47 Å². The lowest BCUT2D eigenvalue weighted by Crippen LogP contribution is -2.48. The molecule has 2 aliphatic rings. The van der Waals surface area contributed by atoms with Crippen LogP contribution in [0.2, 0.25) is 0 Å². The summed E-state index contributed by atoms with van der Waals surface area (Å²) in [5, 5.41) is 17.2. The van der Waals surface area contributed by atoms with E-state index in [9.17, 15) is 5.11 Å². The third-order valence-corrected chi connectivity index (χ3v) is 4.86. The van der Waals surface area contributed by atoms with Crippen LogP contribution in [0.5, 0.6) is 0 Å². The average molecular weight is 498 g/mol. The predicted molar refractivity (Wildman–Crippen MR) is 120 cm³/mol. The summed E-state index contributed by atoms with van der Waals surface area (Å²) in [5.74, 6) is 0.760. The molecule has 7 nitrogen and oxygen atoms in total. The maximum absolute atomic E-state index is 10.6. The first-order valence-corrected chi connectivity index (χ1v) is 10.3. The summed E-state index contributed by atoms with van der Waals surface area (Å²) in [6.07, 6.45) is 6.50. The largest absolute Gasteiger partial charge is 0.387 e. The topological polar surface area (TPSA) is 78.4 Å². The maximum Gasteiger partial charge on any atom is 0.191 e. The minimum absolute atomic E-state index is 0. The SMILES string of the molecule is CCNC(=NCC(C)(O)CN1CCOCC1)NCCCOC1CCCC1.I. The van der Waals surface area contributed by atoms with Gasteiger partial charge < -0.3 is 25.2 Å². The lowest BCUT2D eigenvalue weighted by atomic mass is 10.1. The number of aliphatic imine (C=N–C) groups is 1. The van der Waals surface area contributed by atoms with E-state index < -0.39 is 5.60 Å². The molecular weight excluding hydrogens is 459 g/mol. The predicted octanol–water partition coefficient (Wildman–Crippen LogP) is 1.59. The van der Waals surface area contributed by atoms with Gasteiger partial charge in [-0.15, -0.1) is 24.0 Å². The van der Waals surface area contributed by atoms with E-state index in [1.807, 2.05) is 13.8 Å². The smallest absolute Gasteiger partial charge is 0.191 e. The molecule has 8 heteroatoms. The molecule has 2 rings (SSSR count). The zero-order chi connectivity index (χ0) is 18.7. The lowest BCUT2D eigenvalue weighted by molar-refractivity contribution is -0.0180. The van der Waals surface area contributed by atoms with Crippen LogP contribution in [0.1, 0.15) is 46.0 Å². The monoisotopic (exact) mass is 498 g/mol. The average Bonchev–Trinajstić information content (AvgIpc) is 3.13. The molecule has 3 N–H and O–H groups in total. The minimum atomic E-state index is -0.842. The van der Waals surface area contributed by atoms with Crippen molar-refractivity contribution in [2.24, 2.45) is 4.99 Å². The van der Waals surface area contributed by atoms with Gasteiger partial charge in [-0.2, -0.15) is 0 Å². The highest BCUT2D eigenvalue weighted by Gasteiger charge is 2.25. The number of hydrogen-bond donors (Lipinski definition) is 3. The molecule has 1 saturated heterocycles. The van der Waals surface area contributed by atoms with Gasteiger partial charge in [0.05, 0.1) is 31.5 Å². The van der Waals surface area contributed by atoms with Gasteiger partial charge in [-0.1, -0.05) is 12.8 Å². The summed E-state index contributed by atoms with van der Waals surface area (Å²) < 4.78 is 11.2. The highest BCUT2D eigenvalue weighted by molar-refractivity contribution is 14.0. The van der Waals surface area contributed by atoms with Gasteiger partial charge in [0.25, 0.3) is 0 Å². The molecule has 1 heterocycles. The molecular formula is C19H39IN4O3. The number of guanidine groups is 1. The summed E-state index contributed by atoms with van der Waals surface area (Å²) in [6, 6.07) is 0. The molecule has 2 fully saturated rings. The van der Waals surface area contributed by atoms with Crippen LogP contribution in [0.25, 0.3) is 0 Å². The fraction of sp³-hybridized carbons (Fsp3) is 0.947. The van der Waals surface area contributed by atoms with Crippen LogP contribution in [0.15, 0.2) is 4.99 Å². The quantitative estimate of drug-likeness (QED) is 0.184. The molecule has 1 aliphatic heterocycles. The van der Waals surface area contributed by atoms with Crippen molar-refractivity contribution < 1.29 is 14.6 Å². The fourth-order valence-corrected chi connectivity index (χ4v) is 3.47. The van der Waals surface area contributed by atoms with Crippen molar-refractivity contribution in [3.63, 3.8) is 0 Å². The Balaban J connectivity index is 0.00000364. The van der Waals surface area contributed by atoms with Crippen molar-refractivity contribution in [3.05, 3.63) is 0 Å². The van der Waals surface area contributed by atoms with Crippen LogP contribution in [0.3, 0.4) is 0 Å². The van der Waals surface area contributed by atoms with E-state index in [1.54, 1.807) is 0 Å². The molecule has 0 aromatic rings. The molecule has 27 heavy (non-hydrogen) atoms. The Labute approximate surface area is 181 Å². The maximum atomic E-state index is 10.6. The van der Waals surface area contributed by atoms with Crippen molar-refractivity contribution in [2.45, 2.75) is 57.7 Å². The first-order chi connectivity index (χ1) is 12.6. The van der Waals surface area contributed by atoms with Crippen molar-refractivity contribution in [2.75, 3.05) is 59.1 Å². The lowest BCUT2D eigenvalue weighted by Gasteiger charge is -2.33. The minimum Gasteiger partial charge on any atom is -0.387 e. The van der Waals surface area contributed by atoms with Gasteiger partial charge >= 0.3 is 0 Å². The molecule has 160 valence electrons. The summed E-state index contributed by atoms with van der Waals surface area (Å²) >= 11 is 0. The number of halogens is 1. The number of nitrogens with zero attached hydrogens (tertiary/aromatic N) is 2. The van der Waals surface area contributed by atoms with E-state index >= 15 is 0 Å². The Kier molecular flexibility index (Phi) is 12.8. The van der Waals surface area contributed by atoms with Crippen LogP contribution < -0.4 is 10.6 Å². The molecule has 0 amide bonds. The van der Waals surface area contributed by atoms with Gasteiger partial charge in [0, 0.05) is 39.3 Å². The molecule has 1 saturated carbocycles. The number of aliphatic hydroxyl groups is 1. The molecule has 0 radical (unpaired) electrons. The Morgan fingerprint density at radius 2 is 1.96 bits per heavy atom. The van der Waals surface area contributed by atoms with Crippen LogP contribution >= 0.6 is 24.0 Å². The second kappa shape index (κ2) is 13.9. The summed E-state index contributed by atoms with van der Waals surface area (Å²) in [7, 11) is 0. The number of hydrogen-bond acceptors (Lipinski definition) is 5. The van der Waals surface area contributed by atoms with E-state index in [0.29, 0.717) is 19.2 Å². The first-order valence-electron chi connectivity index (χ1n) is 10.3. The van der Waals surface area contributed by atoms with Crippen molar-refractivity contribution in [1.82, 2.24) is 15.5 Å². The first kappa shape index (κ1) is 24.9. The second-order valence-electron chi connectivity index (χ2n) is 7.64. The van der Waals surface area contributed by atoms with E-state index in [2.05, 4.69) is 20.5 Å². The van der Waals surface area contributed by atoms with Crippen LogP contribution in [-0.2, 0) is 9.47 Å². The third kappa shape index (κ3) is 10.8. The number of β-amino-alcohol motifs (C(OH)–C–C–N with tert-alkyl or cyclic N) is 1. The number of ether oxygens (including phenoxy) is 2. The van der Waals surface area contributed by atoms with Gasteiger partial charge in [0.1, 0.15) is 0 Å². The summed E-state index contributed by atoms with van der Waals surface area (Å²) in [4.78, 5) is 6.81. The highest BCUT2D eigenvalue weighted by Crippen LogP contribution is 2.20. The second-order valence-corrected chi connectivity index (χ2v) is 7.64.